The van der Waals surface area contributed by atoms with E-state index in [-0.39, 0.29) is 30.7 Å². The summed E-state index contributed by atoms with van der Waals surface area (Å²) in [6.45, 7) is 2.00. The minimum Gasteiger partial charge on any atom is -0.355 e. The summed E-state index contributed by atoms with van der Waals surface area (Å²) in [5.74, 6) is 1.78. The molecule has 1 aromatic carbocycles. The topological polar surface area (TPSA) is 69.8 Å². The number of nitrogens with one attached hydrogen (secondary N) is 3. The summed E-state index contributed by atoms with van der Waals surface area (Å²) >= 11 is 0. The Hall–Kier alpha value is -1.30. The summed E-state index contributed by atoms with van der Waals surface area (Å²) < 4.78 is 0. The summed E-state index contributed by atoms with van der Waals surface area (Å²) in [6.07, 6.45) is 3.34. The van der Waals surface area contributed by atoms with E-state index in [1.165, 1.54) is 12.8 Å². The Bertz CT molecular complexity index is 565. The van der Waals surface area contributed by atoms with Crippen molar-refractivity contribution < 1.29 is 4.79 Å². The fourth-order valence-electron chi connectivity index (χ4n) is 2.22. The van der Waals surface area contributed by atoms with Crippen LogP contribution in [0.25, 0.3) is 11.0 Å². The SMILES string of the molecule is Cl.Cl.O=C(CNCC1CC1)NCCc1nc2ccccc2[nH]1. The molecule has 0 spiro atoms. The Morgan fingerprint density at radius 2 is 2.05 bits per heavy atom. The predicted octanol–water partition coefficient (Wildman–Crippen LogP) is 2.06. The summed E-state index contributed by atoms with van der Waals surface area (Å²) in [4.78, 5) is 19.3. The first-order valence-electron chi connectivity index (χ1n) is 7.22. The minimum atomic E-state index is 0. The van der Waals surface area contributed by atoms with Crippen molar-refractivity contribution in [3.8, 4) is 0 Å². The molecule has 3 rings (SSSR count). The molecule has 22 heavy (non-hydrogen) atoms. The van der Waals surface area contributed by atoms with Gasteiger partial charge in [0.2, 0.25) is 5.91 Å². The maximum absolute atomic E-state index is 11.6. The monoisotopic (exact) mass is 344 g/mol. The van der Waals surface area contributed by atoms with Crippen molar-refractivity contribution in [2.75, 3.05) is 19.6 Å². The number of H-pyrrole nitrogens is 1. The van der Waals surface area contributed by atoms with Crippen LogP contribution < -0.4 is 10.6 Å². The van der Waals surface area contributed by atoms with Crippen LogP contribution in [0.15, 0.2) is 24.3 Å². The average Bonchev–Trinajstić information content (AvgIpc) is 3.17. The number of hydrogen-bond donors (Lipinski definition) is 3. The number of amides is 1. The second kappa shape index (κ2) is 8.98. The van der Waals surface area contributed by atoms with Crippen molar-refractivity contribution in [2.24, 2.45) is 5.92 Å². The number of carbonyl (C=O) groups excluding carboxylic acids is 1. The maximum Gasteiger partial charge on any atom is 0.233 e. The number of nitrogens with zero attached hydrogens (tertiary/aromatic N) is 1. The van der Waals surface area contributed by atoms with E-state index in [1.54, 1.807) is 0 Å². The third kappa shape index (κ3) is 5.48. The first-order valence-corrected chi connectivity index (χ1v) is 7.22. The number of hydrogen-bond acceptors (Lipinski definition) is 3. The molecule has 1 amide bonds. The van der Waals surface area contributed by atoms with Gasteiger partial charge in [0, 0.05) is 13.0 Å². The van der Waals surface area contributed by atoms with E-state index in [9.17, 15) is 4.79 Å². The van der Waals surface area contributed by atoms with Crippen LogP contribution in [-0.2, 0) is 11.2 Å². The van der Waals surface area contributed by atoms with Gasteiger partial charge in [-0.3, -0.25) is 4.79 Å². The summed E-state index contributed by atoms with van der Waals surface area (Å²) in [6, 6.07) is 7.94. The zero-order valence-electron chi connectivity index (χ0n) is 12.3. The van der Waals surface area contributed by atoms with E-state index in [4.69, 9.17) is 0 Å². The number of aromatic nitrogens is 2. The van der Waals surface area contributed by atoms with Gasteiger partial charge in [0.05, 0.1) is 17.6 Å². The van der Waals surface area contributed by atoms with Gasteiger partial charge in [-0.2, -0.15) is 0 Å². The highest BCUT2D eigenvalue weighted by Crippen LogP contribution is 2.27. The molecule has 122 valence electrons. The van der Waals surface area contributed by atoms with Gasteiger partial charge in [0.25, 0.3) is 0 Å². The lowest BCUT2D eigenvalue weighted by atomic mass is 10.3. The van der Waals surface area contributed by atoms with Gasteiger partial charge in [-0.05, 0) is 37.4 Å². The third-order valence-electron chi connectivity index (χ3n) is 3.54. The number of imidazole rings is 1. The number of rotatable bonds is 7. The van der Waals surface area contributed by atoms with Crippen molar-refractivity contribution in [3.05, 3.63) is 30.1 Å². The molecule has 2 aromatic rings. The molecule has 0 atom stereocenters. The smallest absolute Gasteiger partial charge is 0.233 e. The van der Waals surface area contributed by atoms with Gasteiger partial charge in [-0.15, -0.1) is 24.8 Å². The predicted molar refractivity (Wildman–Crippen MR) is 92.9 cm³/mol. The van der Waals surface area contributed by atoms with Crippen LogP contribution >= 0.6 is 24.8 Å². The lowest BCUT2D eigenvalue weighted by molar-refractivity contribution is -0.120. The zero-order valence-corrected chi connectivity index (χ0v) is 13.9. The van der Waals surface area contributed by atoms with Crippen molar-refractivity contribution in [3.63, 3.8) is 0 Å². The van der Waals surface area contributed by atoms with Gasteiger partial charge in [0.1, 0.15) is 5.82 Å². The van der Waals surface area contributed by atoms with Gasteiger partial charge >= 0.3 is 0 Å². The van der Waals surface area contributed by atoms with E-state index in [0.717, 1.165) is 35.7 Å². The first kappa shape index (κ1) is 18.7. The van der Waals surface area contributed by atoms with Crippen molar-refractivity contribution in [2.45, 2.75) is 19.3 Å². The molecule has 1 fully saturated rings. The van der Waals surface area contributed by atoms with Gasteiger partial charge in [0.15, 0.2) is 0 Å². The minimum absolute atomic E-state index is 0. The van der Waals surface area contributed by atoms with E-state index in [1.807, 2.05) is 24.3 Å². The highest BCUT2D eigenvalue weighted by atomic mass is 35.5. The molecule has 5 nitrogen and oxygen atoms in total. The number of carbonyl (C=O) groups is 1. The Labute approximate surface area is 142 Å². The van der Waals surface area contributed by atoms with Crippen LogP contribution in [0.1, 0.15) is 18.7 Å². The number of halogens is 2. The van der Waals surface area contributed by atoms with Crippen molar-refractivity contribution in [1.82, 2.24) is 20.6 Å². The second-order valence-electron chi connectivity index (χ2n) is 5.37. The third-order valence-corrected chi connectivity index (χ3v) is 3.54. The Morgan fingerprint density at radius 3 is 2.77 bits per heavy atom. The Balaban J connectivity index is 0.00000121. The van der Waals surface area contributed by atoms with Gasteiger partial charge in [-0.1, -0.05) is 12.1 Å². The fourth-order valence-corrected chi connectivity index (χ4v) is 2.22. The Kier molecular flexibility index (Phi) is 7.65. The molecule has 0 radical (unpaired) electrons. The normalized spacial score (nSPS) is 13.3. The lowest BCUT2D eigenvalue weighted by Crippen LogP contribution is -2.35. The standard InChI is InChI=1S/C15H20N4O.2ClH/c20-15(10-16-9-11-5-6-11)17-8-7-14-18-12-3-1-2-4-13(12)19-14;;/h1-4,11,16H,5-10H2,(H,17,20)(H,18,19);2*1H. The van der Waals surface area contributed by atoms with E-state index in [0.29, 0.717) is 13.1 Å². The van der Waals surface area contributed by atoms with Crippen LogP contribution in [0, 0.1) is 5.92 Å². The van der Waals surface area contributed by atoms with Crippen molar-refractivity contribution in [1.29, 1.82) is 0 Å². The lowest BCUT2D eigenvalue weighted by Gasteiger charge is -2.05. The molecular weight excluding hydrogens is 323 g/mol. The van der Waals surface area contributed by atoms with Gasteiger partial charge < -0.3 is 15.6 Å². The van der Waals surface area contributed by atoms with Crippen LogP contribution in [0.5, 0.6) is 0 Å². The molecule has 1 aromatic heterocycles. The number of benzene rings is 1. The number of para-hydroxylation sites is 2. The molecule has 3 N–H and O–H groups in total. The molecule has 1 saturated carbocycles. The zero-order chi connectivity index (χ0) is 13.8. The first-order chi connectivity index (χ1) is 9.81. The molecule has 0 aliphatic heterocycles. The van der Waals surface area contributed by atoms with E-state index >= 15 is 0 Å². The van der Waals surface area contributed by atoms with E-state index in [2.05, 4.69) is 20.6 Å². The molecule has 0 saturated heterocycles. The quantitative estimate of drug-likeness (QED) is 0.720. The van der Waals surface area contributed by atoms with Crippen molar-refractivity contribution >= 4 is 41.8 Å². The summed E-state index contributed by atoms with van der Waals surface area (Å²) in [5.41, 5.74) is 2.01. The fraction of sp³-hybridized carbons (Fsp3) is 0.467. The van der Waals surface area contributed by atoms with Crippen LogP contribution in [0.4, 0.5) is 0 Å². The molecule has 1 aliphatic carbocycles. The summed E-state index contributed by atoms with van der Waals surface area (Å²) in [7, 11) is 0. The van der Waals surface area contributed by atoms with E-state index < -0.39 is 0 Å². The number of aromatic amines is 1. The number of fused-ring (bicyclic) bond motifs is 1. The summed E-state index contributed by atoms with van der Waals surface area (Å²) in [5, 5.41) is 6.09. The average molecular weight is 345 g/mol. The molecule has 0 unspecified atom stereocenters. The second-order valence-corrected chi connectivity index (χ2v) is 5.37. The Morgan fingerprint density at radius 1 is 1.27 bits per heavy atom. The molecule has 7 heteroatoms. The molecular formula is C15H22Cl2N4O. The molecule has 0 bridgehead atoms. The van der Waals surface area contributed by atoms with Gasteiger partial charge in [-0.25, -0.2) is 4.98 Å². The molecule has 1 aliphatic rings. The van der Waals surface area contributed by atoms with Crippen LogP contribution in [0.2, 0.25) is 0 Å². The maximum atomic E-state index is 11.6. The van der Waals surface area contributed by atoms with Crippen LogP contribution in [-0.4, -0.2) is 35.5 Å². The highest BCUT2D eigenvalue weighted by Gasteiger charge is 2.20. The van der Waals surface area contributed by atoms with Crippen LogP contribution in [0.3, 0.4) is 0 Å². The molecule has 1 heterocycles. The largest absolute Gasteiger partial charge is 0.355 e. The highest BCUT2D eigenvalue weighted by molar-refractivity contribution is 5.85.